The zero-order valence-electron chi connectivity index (χ0n) is 12.1. The van der Waals surface area contributed by atoms with Gasteiger partial charge in [-0.15, -0.1) is 0 Å². The Labute approximate surface area is 122 Å². The monoisotopic (exact) mass is 292 g/mol. The number of anilines is 1. The molecule has 0 fully saturated rings. The van der Waals surface area contributed by atoms with Gasteiger partial charge in [0.1, 0.15) is 5.75 Å². The van der Waals surface area contributed by atoms with Crippen molar-refractivity contribution in [2.45, 2.75) is 26.2 Å². The predicted octanol–water partition coefficient (Wildman–Crippen LogP) is 3.93. The highest BCUT2D eigenvalue weighted by Gasteiger charge is 2.22. The molecule has 0 aliphatic heterocycles. The molecule has 0 saturated carbocycles. The smallest absolute Gasteiger partial charge is 0.278 e. The van der Waals surface area contributed by atoms with Crippen LogP contribution in [-0.2, 0) is 6.42 Å². The molecular weight excluding hydrogens is 274 g/mol. The summed E-state index contributed by atoms with van der Waals surface area (Å²) in [5.41, 5.74) is 9.30. The van der Waals surface area contributed by atoms with Gasteiger partial charge in [0, 0.05) is 18.2 Å². The Hall–Kier alpha value is -2.17. The molecule has 0 saturated heterocycles. The summed E-state index contributed by atoms with van der Waals surface area (Å²) in [6.45, 7) is 2.21. The number of aromatic nitrogens is 1. The lowest BCUT2D eigenvalue weighted by Gasteiger charge is -2.12. The third-order valence-electron chi connectivity index (χ3n) is 3.02. The van der Waals surface area contributed by atoms with Crippen molar-refractivity contribution in [1.82, 2.24) is 4.98 Å². The number of ether oxygens (including phenoxy) is 1. The number of hydrogen-bond donors (Lipinski definition) is 1. The number of rotatable bonds is 5. The minimum absolute atomic E-state index is 0.322. The molecule has 0 unspecified atom stereocenters. The van der Waals surface area contributed by atoms with Gasteiger partial charge in [0.05, 0.1) is 11.9 Å². The maximum atomic E-state index is 12.7. The van der Waals surface area contributed by atoms with Crippen molar-refractivity contribution in [1.29, 1.82) is 0 Å². The molecule has 112 valence electrons. The normalized spacial score (nSPS) is 11.4. The van der Waals surface area contributed by atoms with Gasteiger partial charge in [0.15, 0.2) is 6.61 Å². The van der Waals surface area contributed by atoms with Crippen molar-refractivity contribution in [3.05, 3.63) is 42.1 Å². The van der Waals surface area contributed by atoms with Crippen molar-refractivity contribution in [2.24, 2.45) is 0 Å². The van der Waals surface area contributed by atoms with Crippen LogP contribution in [0.3, 0.4) is 0 Å². The molecule has 1 aromatic heterocycles. The molecule has 1 aromatic carbocycles. The first-order chi connectivity index (χ1) is 9.89. The van der Waals surface area contributed by atoms with Crippen LogP contribution in [0.25, 0.3) is 11.3 Å². The average molecular weight is 292 g/mol. The fourth-order valence-corrected chi connectivity index (χ4v) is 1.98. The van der Waals surface area contributed by atoms with Crippen molar-refractivity contribution < 1.29 is 13.5 Å². The maximum absolute atomic E-state index is 12.7. The molecule has 2 rings (SSSR count). The maximum Gasteiger partial charge on any atom is 0.278 e. The van der Waals surface area contributed by atoms with E-state index in [1.54, 1.807) is 12.1 Å². The Balaban J connectivity index is 2.21. The molecule has 0 aliphatic carbocycles. The van der Waals surface area contributed by atoms with Crippen LogP contribution in [0.15, 0.2) is 36.5 Å². The number of nitrogens with zero attached hydrogens (tertiary/aromatic N) is 1. The molecule has 0 atom stereocenters. The lowest BCUT2D eigenvalue weighted by atomic mass is 10.0. The second-order valence-electron chi connectivity index (χ2n) is 5.01. The van der Waals surface area contributed by atoms with E-state index in [0.29, 0.717) is 11.4 Å². The van der Waals surface area contributed by atoms with Crippen molar-refractivity contribution in [3.63, 3.8) is 0 Å². The van der Waals surface area contributed by atoms with Crippen LogP contribution < -0.4 is 10.5 Å². The highest BCUT2D eigenvalue weighted by molar-refractivity contribution is 5.68. The third-order valence-corrected chi connectivity index (χ3v) is 3.02. The summed E-state index contributed by atoms with van der Waals surface area (Å²) in [5, 5.41) is 0. The Morgan fingerprint density at radius 2 is 2.00 bits per heavy atom. The van der Waals surface area contributed by atoms with E-state index >= 15 is 0 Å². The minimum Gasteiger partial charge on any atom is -0.486 e. The quantitative estimate of drug-likeness (QED) is 0.849. The fraction of sp³-hybridized carbons (Fsp3) is 0.312. The van der Waals surface area contributed by atoms with Gasteiger partial charge in [-0.25, -0.2) is 8.78 Å². The van der Waals surface area contributed by atoms with Gasteiger partial charge < -0.3 is 10.5 Å². The molecule has 5 heteroatoms. The summed E-state index contributed by atoms with van der Waals surface area (Å²) in [4.78, 5) is 4.27. The van der Waals surface area contributed by atoms with Gasteiger partial charge in [0.25, 0.3) is 5.92 Å². The molecular formula is C16H18F2N2O. The summed E-state index contributed by atoms with van der Waals surface area (Å²) >= 11 is 0. The number of alkyl halides is 2. The van der Waals surface area contributed by atoms with E-state index in [1.165, 1.54) is 6.20 Å². The van der Waals surface area contributed by atoms with Crippen molar-refractivity contribution in [2.75, 3.05) is 12.3 Å². The largest absolute Gasteiger partial charge is 0.486 e. The molecule has 2 N–H and O–H groups in total. The molecule has 0 spiro atoms. The van der Waals surface area contributed by atoms with Crippen LogP contribution in [0, 0.1) is 0 Å². The van der Waals surface area contributed by atoms with E-state index in [9.17, 15) is 8.78 Å². The number of hydrogen-bond acceptors (Lipinski definition) is 3. The van der Waals surface area contributed by atoms with Crippen LogP contribution in [0.1, 0.15) is 19.4 Å². The van der Waals surface area contributed by atoms with Gasteiger partial charge in [-0.1, -0.05) is 13.0 Å². The predicted molar refractivity (Wildman–Crippen MR) is 79.6 cm³/mol. The van der Waals surface area contributed by atoms with Crippen LogP contribution in [0.4, 0.5) is 14.5 Å². The molecule has 0 aliphatic rings. The molecule has 0 radical (unpaired) electrons. The van der Waals surface area contributed by atoms with E-state index in [0.717, 1.165) is 30.2 Å². The Morgan fingerprint density at radius 1 is 1.24 bits per heavy atom. The summed E-state index contributed by atoms with van der Waals surface area (Å²) in [6, 6.07) is 9.06. The van der Waals surface area contributed by atoms with Gasteiger partial charge in [-0.05, 0) is 36.2 Å². The first-order valence-electron chi connectivity index (χ1n) is 6.74. The Bertz CT molecular complexity index is 607. The number of nitrogen functional groups attached to an aromatic ring is 1. The number of pyridine rings is 1. The zero-order chi connectivity index (χ0) is 15.5. The first kappa shape index (κ1) is 15.2. The molecule has 3 nitrogen and oxygen atoms in total. The van der Waals surface area contributed by atoms with Crippen LogP contribution in [0.2, 0.25) is 0 Å². The van der Waals surface area contributed by atoms with Gasteiger partial charge in [0.2, 0.25) is 0 Å². The molecule has 1 heterocycles. The number of halogens is 2. The molecule has 0 bridgehead atoms. The summed E-state index contributed by atoms with van der Waals surface area (Å²) in [7, 11) is 0. The van der Waals surface area contributed by atoms with Crippen molar-refractivity contribution in [3.8, 4) is 17.0 Å². The third kappa shape index (κ3) is 4.15. The van der Waals surface area contributed by atoms with Gasteiger partial charge in [-0.2, -0.15) is 0 Å². The summed E-state index contributed by atoms with van der Waals surface area (Å²) < 4.78 is 30.5. The number of benzene rings is 1. The van der Waals surface area contributed by atoms with Gasteiger partial charge in [-0.3, -0.25) is 4.98 Å². The number of nitrogens with two attached hydrogens (primary N) is 1. The standard InChI is InChI=1S/C16H18F2N2O/c1-3-11-4-5-12(19)8-14(11)15-7-6-13(9-20-15)21-10-16(2,17)18/h4-9H,3,10,19H2,1-2H3. The zero-order valence-corrected chi connectivity index (χ0v) is 12.1. The van der Waals surface area contributed by atoms with E-state index in [2.05, 4.69) is 11.9 Å². The Kier molecular flexibility index (Phi) is 4.40. The minimum atomic E-state index is -2.86. The van der Waals surface area contributed by atoms with Gasteiger partial charge >= 0.3 is 0 Å². The Morgan fingerprint density at radius 3 is 2.57 bits per heavy atom. The summed E-state index contributed by atoms with van der Waals surface area (Å²) in [6.07, 6.45) is 2.31. The van der Waals surface area contributed by atoms with Crippen LogP contribution >= 0.6 is 0 Å². The topological polar surface area (TPSA) is 48.1 Å². The highest BCUT2D eigenvalue weighted by Crippen LogP contribution is 2.26. The fourth-order valence-electron chi connectivity index (χ4n) is 1.98. The summed E-state index contributed by atoms with van der Waals surface area (Å²) in [5.74, 6) is -2.54. The molecule has 2 aromatic rings. The van der Waals surface area contributed by atoms with E-state index in [4.69, 9.17) is 10.5 Å². The second kappa shape index (κ2) is 6.08. The van der Waals surface area contributed by atoms with Crippen molar-refractivity contribution >= 4 is 5.69 Å². The first-order valence-corrected chi connectivity index (χ1v) is 6.74. The van der Waals surface area contributed by atoms with Crippen LogP contribution in [0.5, 0.6) is 5.75 Å². The second-order valence-corrected chi connectivity index (χ2v) is 5.01. The van der Waals surface area contributed by atoms with E-state index in [-0.39, 0.29) is 0 Å². The highest BCUT2D eigenvalue weighted by atomic mass is 19.3. The lowest BCUT2D eigenvalue weighted by molar-refractivity contribution is -0.0230. The molecule has 0 amide bonds. The average Bonchev–Trinajstić information content (AvgIpc) is 2.45. The van der Waals surface area contributed by atoms with Crippen LogP contribution in [-0.4, -0.2) is 17.5 Å². The number of aryl methyl sites for hydroxylation is 1. The lowest BCUT2D eigenvalue weighted by Crippen LogP contribution is -2.20. The van der Waals surface area contributed by atoms with E-state index in [1.807, 2.05) is 18.2 Å². The van der Waals surface area contributed by atoms with E-state index < -0.39 is 12.5 Å². The molecule has 21 heavy (non-hydrogen) atoms. The SMILES string of the molecule is CCc1ccc(N)cc1-c1ccc(OCC(C)(F)F)cn1.